The van der Waals surface area contributed by atoms with Gasteiger partial charge in [0.1, 0.15) is 5.76 Å². The third kappa shape index (κ3) is 4.67. The predicted octanol–water partition coefficient (Wildman–Crippen LogP) is 1.12. The molecule has 9 heteroatoms. The molecule has 0 bridgehead atoms. The summed E-state index contributed by atoms with van der Waals surface area (Å²) in [4.78, 5) is 11.3. The first-order chi connectivity index (χ1) is 10.7. The summed E-state index contributed by atoms with van der Waals surface area (Å²) in [6, 6.07) is 8.16. The molecule has 0 saturated carbocycles. The van der Waals surface area contributed by atoms with Crippen LogP contribution < -0.4 is 4.72 Å². The van der Waals surface area contributed by atoms with Crippen LogP contribution in [0.15, 0.2) is 56.9 Å². The standard InChI is InChI=1S/C14H15NO6S2/c1-22(17,18)12-5-2-6-13(10-12)23(19,20)15-14(16)8-7-11-4-3-9-21-11/h2-6,9-10H,7-8H2,1H3,(H,15,16). The van der Waals surface area contributed by atoms with Crippen LogP contribution in [0, 0.1) is 0 Å². The lowest BCUT2D eigenvalue weighted by Gasteiger charge is -2.07. The number of carbonyl (C=O) groups excluding carboxylic acids is 1. The van der Waals surface area contributed by atoms with Gasteiger partial charge in [-0.2, -0.15) is 0 Å². The highest BCUT2D eigenvalue weighted by Gasteiger charge is 2.19. The largest absolute Gasteiger partial charge is 0.469 e. The molecule has 7 nitrogen and oxygen atoms in total. The normalized spacial score (nSPS) is 12.0. The topological polar surface area (TPSA) is 111 Å². The van der Waals surface area contributed by atoms with Gasteiger partial charge >= 0.3 is 0 Å². The lowest BCUT2D eigenvalue weighted by atomic mass is 10.2. The Hall–Kier alpha value is -2.13. The number of rotatable bonds is 6. The predicted molar refractivity (Wildman–Crippen MR) is 81.9 cm³/mol. The van der Waals surface area contributed by atoms with Gasteiger partial charge in [0.05, 0.1) is 16.1 Å². The molecule has 2 aromatic rings. The van der Waals surface area contributed by atoms with Crippen LogP contribution in [0.5, 0.6) is 0 Å². The number of furan rings is 1. The fraction of sp³-hybridized carbons (Fsp3) is 0.214. The number of aryl methyl sites for hydroxylation is 1. The Bertz CT molecular complexity index is 899. The Morgan fingerprint density at radius 2 is 1.78 bits per heavy atom. The quantitative estimate of drug-likeness (QED) is 0.829. The van der Waals surface area contributed by atoms with Crippen molar-refractivity contribution in [1.82, 2.24) is 4.72 Å². The van der Waals surface area contributed by atoms with Gasteiger partial charge in [0.2, 0.25) is 5.91 Å². The molecule has 124 valence electrons. The second-order valence-corrected chi connectivity index (χ2v) is 8.55. The van der Waals surface area contributed by atoms with Crippen molar-refractivity contribution in [2.75, 3.05) is 6.26 Å². The van der Waals surface area contributed by atoms with Gasteiger partial charge in [-0.1, -0.05) is 6.07 Å². The van der Waals surface area contributed by atoms with E-state index in [0.29, 0.717) is 5.76 Å². The minimum absolute atomic E-state index is 0.0709. The van der Waals surface area contributed by atoms with Gasteiger partial charge in [0.15, 0.2) is 9.84 Å². The van der Waals surface area contributed by atoms with Crippen LogP contribution in [0.25, 0.3) is 0 Å². The van der Waals surface area contributed by atoms with E-state index in [4.69, 9.17) is 4.42 Å². The zero-order chi connectivity index (χ0) is 17.1. The van der Waals surface area contributed by atoms with Crippen LogP contribution in [-0.4, -0.2) is 29.0 Å². The second kappa shape index (κ2) is 6.55. The summed E-state index contributed by atoms with van der Waals surface area (Å²) >= 11 is 0. The summed E-state index contributed by atoms with van der Waals surface area (Å²) in [6.45, 7) is 0. The average molecular weight is 357 g/mol. The van der Waals surface area contributed by atoms with Crippen LogP contribution in [0.2, 0.25) is 0 Å². The lowest BCUT2D eigenvalue weighted by Crippen LogP contribution is -2.30. The highest BCUT2D eigenvalue weighted by Crippen LogP contribution is 2.15. The van der Waals surface area contributed by atoms with E-state index in [1.165, 1.54) is 24.5 Å². The van der Waals surface area contributed by atoms with E-state index in [9.17, 15) is 21.6 Å². The van der Waals surface area contributed by atoms with E-state index in [0.717, 1.165) is 12.3 Å². The van der Waals surface area contributed by atoms with Gasteiger partial charge in [-0.15, -0.1) is 0 Å². The molecule has 0 spiro atoms. The fourth-order valence-corrected chi connectivity index (χ4v) is 3.62. The van der Waals surface area contributed by atoms with Crippen molar-refractivity contribution in [3.8, 4) is 0 Å². The molecule has 1 N–H and O–H groups in total. The molecule has 2 rings (SSSR count). The fourth-order valence-electron chi connectivity index (χ4n) is 1.82. The third-order valence-corrected chi connectivity index (χ3v) is 5.45. The number of benzene rings is 1. The van der Waals surface area contributed by atoms with Gasteiger partial charge in [-0.05, 0) is 30.3 Å². The molecule has 0 atom stereocenters. The van der Waals surface area contributed by atoms with Crippen molar-refractivity contribution >= 4 is 25.8 Å². The van der Waals surface area contributed by atoms with Crippen molar-refractivity contribution in [3.63, 3.8) is 0 Å². The van der Waals surface area contributed by atoms with E-state index < -0.39 is 25.8 Å². The highest BCUT2D eigenvalue weighted by molar-refractivity contribution is 7.91. The first kappa shape index (κ1) is 17.2. The van der Waals surface area contributed by atoms with E-state index in [2.05, 4.69) is 0 Å². The maximum absolute atomic E-state index is 12.1. The summed E-state index contributed by atoms with van der Waals surface area (Å²) in [7, 11) is -7.67. The number of hydrogen-bond acceptors (Lipinski definition) is 6. The van der Waals surface area contributed by atoms with Gasteiger partial charge in [0, 0.05) is 19.1 Å². The van der Waals surface area contributed by atoms with E-state index in [1.807, 2.05) is 4.72 Å². The van der Waals surface area contributed by atoms with Crippen molar-refractivity contribution in [2.45, 2.75) is 22.6 Å². The van der Waals surface area contributed by atoms with Crippen LogP contribution in [0.3, 0.4) is 0 Å². The molecular weight excluding hydrogens is 342 g/mol. The first-order valence-electron chi connectivity index (χ1n) is 6.57. The first-order valence-corrected chi connectivity index (χ1v) is 9.94. The maximum Gasteiger partial charge on any atom is 0.264 e. The second-order valence-electron chi connectivity index (χ2n) is 4.86. The van der Waals surface area contributed by atoms with Crippen molar-refractivity contribution in [3.05, 3.63) is 48.4 Å². The molecule has 0 radical (unpaired) electrons. The van der Waals surface area contributed by atoms with Gasteiger partial charge in [-0.3, -0.25) is 4.79 Å². The minimum atomic E-state index is -4.13. The van der Waals surface area contributed by atoms with Crippen LogP contribution in [-0.2, 0) is 31.1 Å². The molecule has 1 amide bonds. The molecule has 1 heterocycles. The molecule has 0 unspecified atom stereocenters. The molecule has 0 saturated heterocycles. The summed E-state index contributed by atoms with van der Waals surface area (Å²) in [5.74, 6) is -0.136. The molecule has 0 aliphatic carbocycles. The number of nitrogens with one attached hydrogen (secondary N) is 1. The van der Waals surface area contributed by atoms with Crippen LogP contribution >= 0.6 is 0 Å². The third-order valence-electron chi connectivity index (χ3n) is 2.97. The maximum atomic E-state index is 12.1. The number of carbonyl (C=O) groups is 1. The molecule has 0 aliphatic heterocycles. The molecule has 1 aromatic carbocycles. The Morgan fingerprint density at radius 1 is 1.09 bits per heavy atom. The Balaban J connectivity index is 2.11. The van der Waals surface area contributed by atoms with E-state index >= 15 is 0 Å². The summed E-state index contributed by atoms with van der Waals surface area (Å²) in [6.07, 6.45) is 2.62. The summed E-state index contributed by atoms with van der Waals surface area (Å²) in [5, 5.41) is 0. The van der Waals surface area contributed by atoms with Gasteiger partial charge in [-0.25, -0.2) is 21.6 Å². The Morgan fingerprint density at radius 3 is 2.39 bits per heavy atom. The average Bonchev–Trinajstić information content (AvgIpc) is 2.97. The van der Waals surface area contributed by atoms with Crippen LogP contribution in [0.1, 0.15) is 12.2 Å². The highest BCUT2D eigenvalue weighted by atomic mass is 32.2. The van der Waals surface area contributed by atoms with Crippen molar-refractivity contribution < 1.29 is 26.0 Å². The zero-order valence-corrected chi connectivity index (χ0v) is 13.9. The molecular formula is C14H15NO6S2. The Kier molecular flexibility index (Phi) is 4.90. The van der Waals surface area contributed by atoms with Crippen LogP contribution in [0.4, 0.5) is 0 Å². The van der Waals surface area contributed by atoms with Gasteiger partial charge < -0.3 is 4.42 Å². The zero-order valence-electron chi connectivity index (χ0n) is 12.2. The molecule has 0 aliphatic rings. The Labute approximate surface area is 134 Å². The number of amides is 1. The summed E-state index contributed by atoms with van der Waals surface area (Å²) in [5.41, 5.74) is 0. The van der Waals surface area contributed by atoms with Crippen molar-refractivity contribution in [2.24, 2.45) is 0 Å². The lowest BCUT2D eigenvalue weighted by molar-refractivity contribution is -0.119. The van der Waals surface area contributed by atoms with E-state index in [1.54, 1.807) is 12.1 Å². The number of hydrogen-bond donors (Lipinski definition) is 1. The van der Waals surface area contributed by atoms with Crippen molar-refractivity contribution in [1.29, 1.82) is 0 Å². The monoisotopic (exact) mass is 357 g/mol. The van der Waals surface area contributed by atoms with Gasteiger partial charge in [0.25, 0.3) is 10.0 Å². The minimum Gasteiger partial charge on any atom is -0.469 e. The molecule has 23 heavy (non-hydrogen) atoms. The molecule has 1 aromatic heterocycles. The SMILES string of the molecule is CS(=O)(=O)c1cccc(S(=O)(=O)NC(=O)CCc2ccco2)c1. The number of sulfone groups is 1. The number of sulfonamides is 1. The van der Waals surface area contributed by atoms with E-state index in [-0.39, 0.29) is 22.6 Å². The smallest absolute Gasteiger partial charge is 0.264 e. The summed E-state index contributed by atoms with van der Waals surface area (Å²) < 4.78 is 54.2. The molecule has 0 fully saturated rings.